The standard InChI is InChI=1S/C17H34N2O5/c1-10(2)8-17(4,5)6-7-18-16-13(19-11(3)21)15(23)14(22)12(9-20)24-16/h10,12-16,18,20,22-23H,6-9H2,1-5H3,(H,19,21)/t12-,13-,14+,15-,16-/m1/s1. The van der Waals surface area contributed by atoms with Crippen LogP contribution in [0, 0.1) is 11.3 Å². The van der Waals surface area contributed by atoms with Crippen LogP contribution in [0.15, 0.2) is 0 Å². The summed E-state index contributed by atoms with van der Waals surface area (Å²) in [6.07, 6.45) is -2.01. The highest BCUT2D eigenvalue weighted by molar-refractivity contribution is 5.73. The van der Waals surface area contributed by atoms with Crippen molar-refractivity contribution in [3.05, 3.63) is 0 Å². The van der Waals surface area contributed by atoms with E-state index < -0.39 is 37.2 Å². The molecule has 1 aliphatic rings. The normalized spacial score (nSPS) is 31.3. The monoisotopic (exact) mass is 346 g/mol. The molecule has 7 heteroatoms. The maximum atomic E-state index is 11.4. The van der Waals surface area contributed by atoms with Gasteiger partial charge in [0, 0.05) is 6.92 Å². The van der Waals surface area contributed by atoms with Crippen molar-refractivity contribution >= 4 is 5.91 Å². The van der Waals surface area contributed by atoms with Gasteiger partial charge in [-0.3, -0.25) is 10.1 Å². The van der Waals surface area contributed by atoms with Gasteiger partial charge in [-0.25, -0.2) is 0 Å². The third-order valence-corrected chi connectivity index (χ3v) is 4.40. The van der Waals surface area contributed by atoms with Crippen molar-refractivity contribution in [2.75, 3.05) is 13.2 Å². The van der Waals surface area contributed by atoms with Crippen LogP contribution in [0.5, 0.6) is 0 Å². The molecular weight excluding hydrogens is 312 g/mol. The van der Waals surface area contributed by atoms with E-state index in [1.54, 1.807) is 0 Å². The van der Waals surface area contributed by atoms with Crippen LogP contribution in [-0.4, -0.2) is 65.0 Å². The summed E-state index contributed by atoms with van der Waals surface area (Å²) in [6, 6.07) is -0.770. The molecule has 1 rings (SSSR count). The van der Waals surface area contributed by atoms with Crippen molar-refractivity contribution in [3.8, 4) is 0 Å². The maximum Gasteiger partial charge on any atom is 0.217 e. The summed E-state index contributed by atoms with van der Waals surface area (Å²) in [5.74, 6) is 0.290. The number of carbonyl (C=O) groups excluding carboxylic acids is 1. The van der Waals surface area contributed by atoms with Crippen LogP contribution in [0.1, 0.15) is 47.5 Å². The quantitative estimate of drug-likeness (QED) is 0.422. The molecule has 0 aromatic carbocycles. The smallest absolute Gasteiger partial charge is 0.217 e. The number of carbonyl (C=O) groups is 1. The Bertz CT molecular complexity index is 402. The van der Waals surface area contributed by atoms with Crippen LogP contribution >= 0.6 is 0 Å². The summed E-state index contributed by atoms with van der Waals surface area (Å²) in [6.45, 7) is 10.4. The zero-order chi connectivity index (χ0) is 18.5. The van der Waals surface area contributed by atoms with Crippen LogP contribution in [-0.2, 0) is 9.53 Å². The number of ether oxygens (including phenoxy) is 1. The molecule has 1 heterocycles. The van der Waals surface area contributed by atoms with Crippen LogP contribution < -0.4 is 10.6 Å². The number of hydrogen-bond acceptors (Lipinski definition) is 6. The Labute approximate surface area is 144 Å². The average molecular weight is 346 g/mol. The molecule has 1 amide bonds. The van der Waals surface area contributed by atoms with Crippen molar-refractivity contribution < 1.29 is 24.9 Å². The molecule has 0 unspecified atom stereocenters. The number of aliphatic hydroxyl groups excluding tert-OH is 3. The third kappa shape index (κ3) is 6.29. The zero-order valence-corrected chi connectivity index (χ0v) is 15.5. The van der Waals surface area contributed by atoms with E-state index >= 15 is 0 Å². The van der Waals surface area contributed by atoms with Crippen molar-refractivity contribution in [2.45, 2.75) is 78.0 Å². The molecule has 0 aliphatic carbocycles. The van der Waals surface area contributed by atoms with Gasteiger partial charge < -0.3 is 25.4 Å². The largest absolute Gasteiger partial charge is 0.394 e. The molecule has 7 nitrogen and oxygen atoms in total. The lowest BCUT2D eigenvalue weighted by Gasteiger charge is -2.43. The average Bonchev–Trinajstić information content (AvgIpc) is 2.44. The fourth-order valence-corrected chi connectivity index (χ4v) is 3.45. The minimum Gasteiger partial charge on any atom is -0.394 e. The van der Waals surface area contributed by atoms with Gasteiger partial charge in [-0.05, 0) is 30.7 Å². The number of hydrogen-bond donors (Lipinski definition) is 5. The molecule has 142 valence electrons. The number of aliphatic hydroxyl groups is 3. The van der Waals surface area contributed by atoms with Crippen LogP contribution in [0.4, 0.5) is 0 Å². The lowest BCUT2D eigenvalue weighted by Crippen LogP contribution is -2.67. The van der Waals surface area contributed by atoms with E-state index in [0.29, 0.717) is 12.5 Å². The molecule has 0 saturated carbocycles. The first-order chi connectivity index (χ1) is 11.1. The van der Waals surface area contributed by atoms with Crippen molar-refractivity contribution in [3.63, 3.8) is 0 Å². The second kappa shape index (κ2) is 9.10. The van der Waals surface area contributed by atoms with Gasteiger partial charge in [-0.15, -0.1) is 0 Å². The van der Waals surface area contributed by atoms with Gasteiger partial charge >= 0.3 is 0 Å². The van der Waals surface area contributed by atoms with E-state index in [1.165, 1.54) is 6.92 Å². The van der Waals surface area contributed by atoms with E-state index in [9.17, 15) is 20.1 Å². The Hall–Kier alpha value is -0.730. The van der Waals surface area contributed by atoms with E-state index in [2.05, 4.69) is 38.3 Å². The molecule has 1 aliphatic heterocycles. The van der Waals surface area contributed by atoms with E-state index in [0.717, 1.165) is 12.8 Å². The number of rotatable bonds is 8. The molecule has 1 saturated heterocycles. The molecule has 24 heavy (non-hydrogen) atoms. The van der Waals surface area contributed by atoms with Gasteiger partial charge in [-0.2, -0.15) is 0 Å². The summed E-state index contributed by atoms with van der Waals surface area (Å²) in [7, 11) is 0. The highest BCUT2D eigenvalue weighted by Crippen LogP contribution is 2.29. The van der Waals surface area contributed by atoms with Crippen LogP contribution in [0.3, 0.4) is 0 Å². The predicted octanol–water partition coefficient (Wildman–Crippen LogP) is -0.0179. The van der Waals surface area contributed by atoms with Gasteiger partial charge in [0.2, 0.25) is 5.91 Å². The first-order valence-corrected chi connectivity index (χ1v) is 8.70. The van der Waals surface area contributed by atoms with Gasteiger partial charge in [0.05, 0.1) is 12.6 Å². The fraction of sp³-hybridized carbons (Fsp3) is 0.941. The molecular formula is C17H34N2O5. The van der Waals surface area contributed by atoms with Crippen molar-refractivity contribution in [2.24, 2.45) is 11.3 Å². The first kappa shape index (κ1) is 21.3. The van der Waals surface area contributed by atoms with E-state index in [-0.39, 0.29) is 11.3 Å². The van der Waals surface area contributed by atoms with Gasteiger partial charge in [0.25, 0.3) is 0 Å². The second-order valence-corrected chi connectivity index (χ2v) is 7.95. The summed E-state index contributed by atoms with van der Waals surface area (Å²) >= 11 is 0. The first-order valence-electron chi connectivity index (χ1n) is 8.70. The zero-order valence-electron chi connectivity index (χ0n) is 15.5. The predicted molar refractivity (Wildman–Crippen MR) is 91.2 cm³/mol. The molecule has 0 bridgehead atoms. The number of nitrogens with one attached hydrogen (secondary N) is 2. The highest BCUT2D eigenvalue weighted by Gasteiger charge is 2.44. The van der Waals surface area contributed by atoms with Crippen molar-refractivity contribution in [1.82, 2.24) is 10.6 Å². The molecule has 0 radical (unpaired) electrons. The molecule has 0 spiro atoms. The Morgan fingerprint density at radius 3 is 2.38 bits per heavy atom. The number of amides is 1. The maximum absolute atomic E-state index is 11.4. The highest BCUT2D eigenvalue weighted by atomic mass is 16.5. The SMILES string of the molecule is CC(=O)N[C@@H]1[C@@H](O)[C@@H](O)[C@@H](CO)O[C@H]1NCCC(C)(C)CC(C)C. The molecule has 0 aromatic heterocycles. The van der Waals surface area contributed by atoms with Gasteiger partial charge in [0.15, 0.2) is 0 Å². The minimum absolute atomic E-state index is 0.161. The molecule has 5 N–H and O–H groups in total. The minimum atomic E-state index is -1.25. The second-order valence-electron chi connectivity index (χ2n) is 7.95. The summed E-state index contributed by atoms with van der Waals surface area (Å²) in [4.78, 5) is 11.4. The lowest BCUT2D eigenvalue weighted by molar-refractivity contribution is -0.202. The van der Waals surface area contributed by atoms with E-state index in [4.69, 9.17) is 4.74 Å². The van der Waals surface area contributed by atoms with Crippen LogP contribution in [0.2, 0.25) is 0 Å². The van der Waals surface area contributed by atoms with Crippen molar-refractivity contribution in [1.29, 1.82) is 0 Å². The fourth-order valence-electron chi connectivity index (χ4n) is 3.45. The van der Waals surface area contributed by atoms with Gasteiger partial charge in [-0.1, -0.05) is 27.7 Å². The molecule has 1 fully saturated rings. The Balaban J connectivity index is 2.68. The molecule has 5 atom stereocenters. The topological polar surface area (TPSA) is 111 Å². The lowest BCUT2D eigenvalue weighted by atomic mass is 9.81. The molecule has 0 aromatic rings. The van der Waals surface area contributed by atoms with E-state index in [1.807, 2.05) is 0 Å². The summed E-state index contributed by atoms with van der Waals surface area (Å²) in [5.41, 5.74) is 0.161. The van der Waals surface area contributed by atoms with Gasteiger partial charge in [0.1, 0.15) is 24.5 Å². The third-order valence-electron chi connectivity index (χ3n) is 4.40. The Kier molecular flexibility index (Phi) is 8.08. The summed E-state index contributed by atoms with van der Waals surface area (Å²) in [5, 5.41) is 35.3. The van der Waals surface area contributed by atoms with Crippen LogP contribution in [0.25, 0.3) is 0 Å². The summed E-state index contributed by atoms with van der Waals surface area (Å²) < 4.78 is 5.64. The Morgan fingerprint density at radius 2 is 1.88 bits per heavy atom. The Morgan fingerprint density at radius 1 is 1.25 bits per heavy atom.